The van der Waals surface area contributed by atoms with Crippen LogP contribution in [0.25, 0.3) is 0 Å². The van der Waals surface area contributed by atoms with E-state index in [1.54, 1.807) is 0 Å². The second-order valence-corrected chi connectivity index (χ2v) is 6.12. The highest BCUT2D eigenvalue weighted by atomic mass is 79.9. The number of sulfone groups is 1. The third-order valence-electron chi connectivity index (χ3n) is 2.15. The lowest BCUT2D eigenvalue weighted by molar-refractivity contribution is 0.561. The van der Waals surface area contributed by atoms with Crippen LogP contribution in [0.2, 0.25) is 0 Å². The zero-order valence-electron chi connectivity index (χ0n) is 9.49. The average molecular weight is 332 g/mol. The maximum absolute atomic E-state index is 12.1. The van der Waals surface area contributed by atoms with Gasteiger partial charge >= 0.3 is 0 Å². The molecule has 96 valence electrons. The summed E-state index contributed by atoms with van der Waals surface area (Å²) in [6, 6.07) is 0. The summed E-state index contributed by atoms with van der Waals surface area (Å²) in [7, 11) is -3.55. The number of aryl methyl sites for hydroxylation is 1. The fourth-order valence-corrected chi connectivity index (χ4v) is 3.03. The Balaban J connectivity index is 2.31. The van der Waals surface area contributed by atoms with Crippen LogP contribution in [-0.2, 0) is 22.1 Å². The molecule has 0 atom stereocenters. The fraction of sp³-hybridized carbons (Fsp3) is 0.333. The lowest BCUT2D eigenvalue weighted by atomic mass is 10.6. The number of halogens is 1. The second kappa shape index (κ2) is 5.11. The van der Waals surface area contributed by atoms with Crippen molar-refractivity contribution in [3.63, 3.8) is 0 Å². The monoisotopic (exact) mass is 331 g/mol. The Bertz CT molecular complexity index is 640. The summed E-state index contributed by atoms with van der Waals surface area (Å²) in [6.07, 6.45) is 3.97. The van der Waals surface area contributed by atoms with Gasteiger partial charge < -0.3 is 0 Å². The van der Waals surface area contributed by atoms with Gasteiger partial charge in [-0.2, -0.15) is 9.90 Å². The first kappa shape index (κ1) is 13.1. The van der Waals surface area contributed by atoms with Crippen LogP contribution < -0.4 is 0 Å². The molecule has 0 unspecified atom stereocenters. The molecule has 18 heavy (non-hydrogen) atoms. The zero-order chi connectivity index (χ0) is 13.2. The summed E-state index contributed by atoms with van der Waals surface area (Å²) in [5.74, 6) is -0.258. The lowest BCUT2D eigenvalue weighted by Crippen LogP contribution is -2.08. The van der Waals surface area contributed by atoms with Crippen molar-refractivity contribution in [1.29, 1.82) is 0 Å². The molecular formula is C9H10BrN5O2S. The van der Waals surface area contributed by atoms with E-state index in [4.69, 9.17) is 0 Å². The minimum absolute atomic E-state index is 0.0667. The summed E-state index contributed by atoms with van der Waals surface area (Å²) >= 11 is 3.19. The predicted octanol–water partition coefficient (Wildman–Crippen LogP) is 0.824. The number of rotatable bonds is 4. The first-order valence-corrected chi connectivity index (χ1v) is 7.55. The molecule has 0 bridgehead atoms. The molecule has 2 heterocycles. The van der Waals surface area contributed by atoms with E-state index in [2.05, 4.69) is 36.1 Å². The van der Waals surface area contributed by atoms with Crippen LogP contribution in [0.15, 0.2) is 28.2 Å². The van der Waals surface area contributed by atoms with E-state index in [0.29, 0.717) is 16.8 Å². The van der Waals surface area contributed by atoms with E-state index in [1.807, 2.05) is 6.92 Å². The van der Waals surface area contributed by atoms with Gasteiger partial charge in [-0.3, -0.25) is 4.98 Å². The predicted molar refractivity (Wildman–Crippen MR) is 66.3 cm³/mol. The molecule has 0 amide bonds. The Hall–Kier alpha value is -1.35. The number of hydrogen-bond acceptors (Lipinski definition) is 6. The Labute approximate surface area is 112 Å². The Kier molecular flexibility index (Phi) is 3.71. The summed E-state index contributed by atoms with van der Waals surface area (Å²) in [5, 5.41) is 8.03. The SMILES string of the molecule is CCn1nc(Br)c(CS(=O)(=O)c2cnccn2)n1. The summed E-state index contributed by atoms with van der Waals surface area (Å²) < 4.78 is 24.5. The molecule has 2 aromatic rings. The zero-order valence-corrected chi connectivity index (χ0v) is 11.9. The average Bonchev–Trinajstić information content (AvgIpc) is 2.71. The standard InChI is InChI=1S/C9H10BrN5O2S/c1-2-15-13-7(9(10)14-15)6-18(16,17)8-5-11-3-4-12-8/h3-5H,2,6H2,1H3. The van der Waals surface area contributed by atoms with Gasteiger partial charge in [-0.1, -0.05) is 0 Å². The Morgan fingerprint density at radius 3 is 2.67 bits per heavy atom. The van der Waals surface area contributed by atoms with Gasteiger partial charge in [0.2, 0.25) is 9.84 Å². The molecule has 0 radical (unpaired) electrons. The second-order valence-electron chi connectivity index (χ2n) is 3.43. The third kappa shape index (κ3) is 2.72. The van der Waals surface area contributed by atoms with E-state index in [-0.39, 0.29) is 10.8 Å². The minimum Gasteiger partial charge on any atom is -0.260 e. The van der Waals surface area contributed by atoms with Gasteiger partial charge in [0.1, 0.15) is 11.4 Å². The Morgan fingerprint density at radius 1 is 1.33 bits per heavy atom. The fourth-order valence-electron chi connectivity index (χ4n) is 1.29. The van der Waals surface area contributed by atoms with Crippen LogP contribution in [0.4, 0.5) is 0 Å². The molecule has 0 aromatic carbocycles. The van der Waals surface area contributed by atoms with Gasteiger partial charge in [-0.15, -0.1) is 5.10 Å². The molecule has 0 spiro atoms. The molecule has 2 rings (SSSR count). The molecular weight excluding hydrogens is 322 g/mol. The molecule has 9 heteroatoms. The highest BCUT2D eigenvalue weighted by Crippen LogP contribution is 2.17. The molecule has 0 saturated carbocycles. The van der Waals surface area contributed by atoms with Gasteiger partial charge in [0.25, 0.3) is 0 Å². The van der Waals surface area contributed by atoms with Crippen LogP contribution in [0.5, 0.6) is 0 Å². The van der Waals surface area contributed by atoms with E-state index < -0.39 is 9.84 Å². The molecule has 0 fully saturated rings. The van der Waals surface area contributed by atoms with Crippen molar-refractivity contribution < 1.29 is 8.42 Å². The topological polar surface area (TPSA) is 90.6 Å². The smallest absolute Gasteiger partial charge is 0.203 e. The van der Waals surface area contributed by atoms with E-state index in [9.17, 15) is 8.42 Å². The summed E-state index contributed by atoms with van der Waals surface area (Å²) in [5.41, 5.74) is 0.363. The number of hydrogen-bond donors (Lipinski definition) is 0. The van der Waals surface area contributed by atoms with Crippen molar-refractivity contribution in [3.05, 3.63) is 28.9 Å². The van der Waals surface area contributed by atoms with Gasteiger partial charge in [0.05, 0.1) is 12.7 Å². The van der Waals surface area contributed by atoms with Crippen LogP contribution in [-0.4, -0.2) is 33.4 Å². The quantitative estimate of drug-likeness (QED) is 0.823. The highest BCUT2D eigenvalue weighted by molar-refractivity contribution is 9.10. The molecule has 0 saturated heterocycles. The molecule has 0 aliphatic heterocycles. The minimum atomic E-state index is -3.55. The molecule has 2 aromatic heterocycles. The van der Waals surface area contributed by atoms with Crippen LogP contribution in [0, 0.1) is 0 Å². The summed E-state index contributed by atoms with van der Waals surface area (Å²) in [6.45, 7) is 2.44. The summed E-state index contributed by atoms with van der Waals surface area (Å²) in [4.78, 5) is 8.95. The van der Waals surface area contributed by atoms with Crippen molar-refractivity contribution in [2.24, 2.45) is 0 Å². The van der Waals surface area contributed by atoms with E-state index >= 15 is 0 Å². The first-order valence-electron chi connectivity index (χ1n) is 5.11. The van der Waals surface area contributed by atoms with E-state index in [1.165, 1.54) is 23.4 Å². The number of nitrogens with zero attached hydrogens (tertiary/aromatic N) is 5. The van der Waals surface area contributed by atoms with E-state index in [0.717, 1.165) is 0 Å². The van der Waals surface area contributed by atoms with Crippen molar-refractivity contribution in [2.75, 3.05) is 0 Å². The first-order chi connectivity index (χ1) is 8.53. The van der Waals surface area contributed by atoms with Gasteiger partial charge in [0, 0.05) is 12.4 Å². The van der Waals surface area contributed by atoms with Crippen LogP contribution in [0.1, 0.15) is 12.6 Å². The molecule has 0 N–H and O–H groups in total. The van der Waals surface area contributed by atoms with Crippen LogP contribution in [0.3, 0.4) is 0 Å². The van der Waals surface area contributed by atoms with Gasteiger partial charge in [-0.25, -0.2) is 13.4 Å². The Morgan fingerprint density at radius 2 is 2.11 bits per heavy atom. The van der Waals surface area contributed by atoms with Gasteiger partial charge in [0.15, 0.2) is 9.63 Å². The molecule has 7 nitrogen and oxygen atoms in total. The molecule has 0 aliphatic rings. The van der Waals surface area contributed by atoms with Crippen molar-refractivity contribution >= 4 is 25.8 Å². The van der Waals surface area contributed by atoms with Crippen molar-refractivity contribution in [2.45, 2.75) is 24.2 Å². The lowest BCUT2D eigenvalue weighted by Gasteiger charge is -2.00. The normalized spacial score (nSPS) is 11.7. The third-order valence-corrected chi connectivity index (χ3v) is 4.26. The van der Waals surface area contributed by atoms with Crippen LogP contribution >= 0.6 is 15.9 Å². The number of aromatic nitrogens is 5. The van der Waals surface area contributed by atoms with Crippen molar-refractivity contribution in [3.8, 4) is 0 Å². The highest BCUT2D eigenvalue weighted by Gasteiger charge is 2.21. The maximum atomic E-state index is 12.1. The maximum Gasteiger partial charge on any atom is 0.203 e. The van der Waals surface area contributed by atoms with Gasteiger partial charge in [-0.05, 0) is 22.9 Å². The van der Waals surface area contributed by atoms with Crippen molar-refractivity contribution in [1.82, 2.24) is 25.0 Å². The largest absolute Gasteiger partial charge is 0.260 e. The molecule has 0 aliphatic carbocycles.